The Morgan fingerprint density at radius 1 is 0.887 bits per heavy atom. The normalized spacial score (nSPS) is 23.8. The fraction of sp³-hybridized carbons (Fsp3) is 0.434. The minimum absolute atomic E-state index is 0.0192. The number of imidazole rings is 1. The Kier molecular flexibility index (Phi) is 9.64. The zero-order chi connectivity index (χ0) is 48.9. The molecule has 1 amide bonds. The average molecular weight is 965 g/mol. The van der Waals surface area contributed by atoms with Crippen LogP contribution in [0.4, 0.5) is 8.78 Å². The first kappa shape index (κ1) is 44.1. The highest BCUT2D eigenvalue weighted by molar-refractivity contribution is 6.00. The van der Waals surface area contributed by atoms with Crippen LogP contribution in [-0.2, 0) is 27.5 Å². The van der Waals surface area contributed by atoms with E-state index in [9.17, 15) is 4.79 Å². The number of nitrogens with one attached hydrogen (secondary N) is 1. The van der Waals surface area contributed by atoms with Gasteiger partial charge in [0.25, 0.3) is 5.91 Å². The van der Waals surface area contributed by atoms with Gasteiger partial charge in [-0.1, -0.05) is 18.1 Å². The molecule has 0 bridgehead atoms. The lowest BCUT2D eigenvalue weighted by Crippen LogP contribution is -2.52. The average Bonchev–Trinajstić information content (AvgIpc) is 3.91. The molecule has 4 atom stereocenters. The summed E-state index contributed by atoms with van der Waals surface area (Å²) in [6.07, 6.45) is 9.70. The van der Waals surface area contributed by atoms with Gasteiger partial charge in [-0.15, -0.1) is 0 Å². The minimum Gasteiger partial charge on any atom is -0.381 e. The van der Waals surface area contributed by atoms with Crippen LogP contribution in [0.1, 0.15) is 129 Å². The molecular weight excluding hydrogens is 911 g/mol. The second-order valence-electron chi connectivity index (χ2n) is 21.4. The molecule has 8 aromatic rings. The second kappa shape index (κ2) is 15.5. The Labute approximate surface area is 405 Å². The Morgan fingerprint density at radius 3 is 2.39 bits per heavy atom. The molecule has 2 saturated heterocycles. The predicted molar refractivity (Wildman–Crippen MR) is 258 cm³/mol. The van der Waals surface area contributed by atoms with Crippen LogP contribution in [0, 0.1) is 17.6 Å². The molecule has 5 aromatic heterocycles. The van der Waals surface area contributed by atoms with Crippen LogP contribution < -0.4 is 11.4 Å². The first-order valence-electron chi connectivity index (χ1n) is 24.8. The predicted octanol–water partition coefficient (Wildman–Crippen LogP) is 8.21. The maximum absolute atomic E-state index is 16.4. The van der Waals surface area contributed by atoms with Gasteiger partial charge in [-0.3, -0.25) is 28.1 Å². The maximum atomic E-state index is 16.4. The molecule has 71 heavy (non-hydrogen) atoms. The van der Waals surface area contributed by atoms with Crippen LogP contribution in [0.25, 0.3) is 39.0 Å². The molecule has 3 aromatic carbocycles. The third-order valence-electron chi connectivity index (χ3n) is 16.6. The smallest absolute Gasteiger partial charge is 0.381 e. The fourth-order valence-electron chi connectivity index (χ4n) is 12.5. The number of aryl methyl sites for hydroxylation is 1. The Balaban J connectivity index is 1.01. The van der Waals surface area contributed by atoms with Crippen molar-refractivity contribution in [1.29, 1.82) is 0 Å². The number of ether oxygens (including phenoxy) is 2. The van der Waals surface area contributed by atoms with E-state index in [-0.39, 0.29) is 52.7 Å². The molecule has 16 nitrogen and oxygen atoms in total. The van der Waals surface area contributed by atoms with Gasteiger partial charge in [0.15, 0.2) is 11.6 Å². The molecule has 1 N–H and O–H groups in total. The van der Waals surface area contributed by atoms with Crippen LogP contribution in [-0.4, -0.2) is 86.2 Å². The summed E-state index contributed by atoms with van der Waals surface area (Å²) >= 11 is 0. The number of nitrogens with zero attached hydrogens (tertiary/aromatic N) is 9. The molecule has 13 rings (SSSR count). The standard InChI is InChI=1S/C53H54F2N10O6/c1-29-25-53(29,48-57-49(67)71-59-48)64-39-11-8-32(33-14-19-70-51(3,4)26-33)22-34(39)23-42(64)47(66)63-28-52(15-20-69-21-16-52)45-43(30(63)2)46(65(58-45)35-9-10-38(54)36(24-35)31-6-7-31)62-18-17-61(50(62)68)41-13-12-40-37(44(41)55)27-56-60(40)5/h8-13,17-18,22-24,27,29-31,33H,6-7,14-16,19-21,25-26,28H2,1-5H3,(H,57,59,67)/t29-,30-,33-,53-/m0/s1. The van der Waals surface area contributed by atoms with Gasteiger partial charge in [0.05, 0.1) is 45.8 Å². The first-order valence-corrected chi connectivity index (χ1v) is 24.8. The molecule has 8 heterocycles. The van der Waals surface area contributed by atoms with Gasteiger partial charge in [-0.2, -0.15) is 10.2 Å². The third kappa shape index (κ3) is 6.65. The van der Waals surface area contributed by atoms with E-state index in [0.717, 1.165) is 47.8 Å². The molecule has 18 heteroatoms. The van der Waals surface area contributed by atoms with Crippen LogP contribution >= 0.6 is 0 Å². The summed E-state index contributed by atoms with van der Waals surface area (Å²) in [5.74, 6) is -0.800. The van der Waals surface area contributed by atoms with E-state index in [2.05, 4.69) is 58.8 Å². The number of hydrogen-bond acceptors (Lipinski definition) is 9. The Hall–Kier alpha value is -6.92. The molecule has 366 valence electrons. The number of halogens is 2. The lowest BCUT2D eigenvalue weighted by atomic mass is 9.71. The van der Waals surface area contributed by atoms with Crippen molar-refractivity contribution in [3.63, 3.8) is 0 Å². The highest BCUT2D eigenvalue weighted by atomic mass is 19.1. The first-order chi connectivity index (χ1) is 34.2. The lowest BCUT2D eigenvalue weighted by Gasteiger charge is -2.47. The van der Waals surface area contributed by atoms with E-state index in [4.69, 9.17) is 19.1 Å². The number of amides is 1. The van der Waals surface area contributed by atoms with Crippen molar-refractivity contribution in [3.8, 4) is 17.2 Å². The monoisotopic (exact) mass is 964 g/mol. The van der Waals surface area contributed by atoms with Crippen molar-refractivity contribution in [1.82, 2.24) is 48.3 Å². The number of benzene rings is 3. The largest absolute Gasteiger partial charge is 0.438 e. The molecule has 3 aliphatic heterocycles. The van der Waals surface area contributed by atoms with Crippen LogP contribution in [0.5, 0.6) is 0 Å². The molecule has 2 saturated carbocycles. The number of aromatic nitrogens is 9. The van der Waals surface area contributed by atoms with Gasteiger partial charge in [0, 0.05) is 67.7 Å². The van der Waals surface area contributed by atoms with Crippen molar-refractivity contribution < 1.29 is 27.6 Å². The number of hydrogen-bond donors (Lipinski definition) is 1. The summed E-state index contributed by atoms with van der Waals surface area (Å²) < 4.78 is 57.2. The van der Waals surface area contributed by atoms with E-state index in [1.165, 1.54) is 27.6 Å². The van der Waals surface area contributed by atoms with Crippen LogP contribution in [0.2, 0.25) is 0 Å². The fourth-order valence-corrected chi connectivity index (χ4v) is 12.5. The Bertz CT molecular complexity index is 3620. The van der Waals surface area contributed by atoms with Gasteiger partial charge in [-0.05, 0) is 143 Å². The minimum atomic E-state index is -0.885. The van der Waals surface area contributed by atoms with Gasteiger partial charge in [-0.25, -0.2) is 23.1 Å². The summed E-state index contributed by atoms with van der Waals surface area (Å²) in [6, 6.07) is 15.9. The van der Waals surface area contributed by atoms with Crippen molar-refractivity contribution in [2.24, 2.45) is 13.0 Å². The summed E-state index contributed by atoms with van der Waals surface area (Å²) in [7, 11) is 1.73. The van der Waals surface area contributed by atoms with Crippen LogP contribution in [0.3, 0.4) is 0 Å². The van der Waals surface area contributed by atoms with Gasteiger partial charge in [0.1, 0.15) is 22.9 Å². The summed E-state index contributed by atoms with van der Waals surface area (Å²) in [5, 5.41) is 15.1. The van der Waals surface area contributed by atoms with E-state index >= 15 is 18.4 Å². The number of H-pyrrole nitrogens is 1. The summed E-state index contributed by atoms with van der Waals surface area (Å²) in [6.45, 7) is 10.0. The van der Waals surface area contributed by atoms with Gasteiger partial charge in [0.2, 0.25) is 0 Å². The van der Waals surface area contributed by atoms with Crippen molar-refractivity contribution in [2.45, 2.75) is 107 Å². The maximum Gasteiger partial charge on any atom is 0.438 e. The lowest BCUT2D eigenvalue weighted by molar-refractivity contribution is -0.0592. The highest BCUT2D eigenvalue weighted by Gasteiger charge is 2.60. The third-order valence-corrected chi connectivity index (χ3v) is 16.6. The quantitative estimate of drug-likeness (QED) is 0.158. The number of fused-ring (bicyclic) bond motifs is 4. The van der Waals surface area contributed by atoms with Crippen molar-refractivity contribution in [3.05, 3.63) is 140 Å². The SMILES string of the molecule is C[C@H]1c2c(nn(-c3ccc(F)c(C4CC4)c3)c2-n2ccn(-c3ccc4c(cnn4C)c3F)c2=O)C2(CCOCC2)CN1C(=O)c1cc2cc([C@H]3CCOC(C)(C)C3)ccc2n1[C@@]1(c2noc(=O)[nH]2)C[C@@H]1C. The number of carbonyl (C=O) groups is 1. The number of aromatic amines is 1. The van der Waals surface area contributed by atoms with E-state index in [1.54, 1.807) is 40.8 Å². The van der Waals surface area contributed by atoms with E-state index in [1.807, 2.05) is 24.0 Å². The van der Waals surface area contributed by atoms with E-state index < -0.39 is 34.3 Å². The zero-order valence-electron chi connectivity index (χ0n) is 40.2. The number of carbonyl (C=O) groups excluding carboxylic acids is 1. The molecular formula is C53H54F2N10O6. The summed E-state index contributed by atoms with van der Waals surface area (Å²) in [5.41, 5.74) is 3.09. The molecule has 5 aliphatic rings. The van der Waals surface area contributed by atoms with Gasteiger partial charge >= 0.3 is 11.4 Å². The van der Waals surface area contributed by atoms with Crippen molar-refractivity contribution in [2.75, 3.05) is 26.4 Å². The topological polar surface area (TPSA) is 165 Å². The van der Waals surface area contributed by atoms with Crippen molar-refractivity contribution >= 4 is 27.7 Å². The molecule has 0 radical (unpaired) electrons. The Morgan fingerprint density at radius 2 is 1.66 bits per heavy atom. The summed E-state index contributed by atoms with van der Waals surface area (Å²) in [4.78, 5) is 48.6. The van der Waals surface area contributed by atoms with Gasteiger partial charge < -0.3 is 18.9 Å². The zero-order valence-corrected chi connectivity index (χ0v) is 40.2. The molecule has 4 fully saturated rings. The highest BCUT2D eigenvalue weighted by Crippen LogP contribution is 2.57. The van der Waals surface area contributed by atoms with Crippen LogP contribution in [0.15, 0.2) is 87.3 Å². The molecule has 2 aliphatic carbocycles. The molecule has 1 spiro atoms. The number of rotatable bonds is 8. The molecule has 0 unspecified atom stereocenters. The van der Waals surface area contributed by atoms with E-state index in [0.29, 0.717) is 78.8 Å². The second-order valence-corrected chi connectivity index (χ2v) is 21.4.